The second-order valence-electron chi connectivity index (χ2n) is 7.21. The van der Waals surface area contributed by atoms with Gasteiger partial charge in [0.15, 0.2) is 0 Å². The molecule has 0 aliphatic carbocycles. The van der Waals surface area contributed by atoms with Crippen LogP contribution in [0.5, 0.6) is 0 Å². The number of nitrogens with two attached hydrogens (primary N) is 1. The first kappa shape index (κ1) is 22.3. The van der Waals surface area contributed by atoms with Gasteiger partial charge >= 0.3 is 6.18 Å². The second kappa shape index (κ2) is 8.95. The number of hydrogen-bond donors (Lipinski definition) is 1. The Morgan fingerprint density at radius 2 is 1.73 bits per heavy atom. The van der Waals surface area contributed by atoms with E-state index in [9.17, 15) is 22.8 Å². The van der Waals surface area contributed by atoms with Crippen LogP contribution in [-0.4, -0.2) is 27.8 Å². The third-order valence-electron chi connectivity index (χ3n) is 4.84. The van der Waals surface area contributed by atoms with Crippen molar-refractivity contribution in [3.8, 4) is 10.4 Å². The second-order valence-corrected chi connectivity index (χ2v) is 8.29. The quantitative estimate of drug-likeness (QED) is 0.311. The smallest absolute Gasteiger partial charge is 0.366 e. The van der Waals surface area contributed by atoms with Crippen molar-refractivity contribution < 1.29 is 22.8 Å². The summed E-state index contributed by atoms with van der Waals surface area (Å²) < 4.78 is 38.1. The molecule has 0 aliphatic rings. The van der Waals surface area contributed by atoms with Gasteiger partial charge in [0.05, 0.1) is 15.9 Å². The number of benzene rings is 2. The Kier molecular flexibility index (Phi) is 6.06. The summed E-state index contributed by atoms with van der Waals surface area (Å²) in [6.07, 6.45) is 0.175. The summed E-state index contributed by atoms with van der Waals surface area (Å²) in [5.74, 6) is -2.46. The summed E-state index contributed by atoms with van der Waals surface area (Å²) in [5, 5.41) is 0. The highest BCUT2D eigenvalue weighted by molar-refractivity contribution is 7.17. The molecule has 1 amide bonds. The molecule has 0 aliphatic heterocycles. The molecular formula is C24H16F3N3O2S. The van der Waals surface area contributed by atoms with Crippen LogP contribution in [0, 0.1) is 0 Å². The number of primary amides is 1. The molecule has 0 bridgehead atoms. The predicted octanol–water partition coefficient (Wildman–Crippen LogP) is 5.21. The summed E-state index contributed by atoms with van der Waals surface area (Å²) in [4.78, 5) is 32.2. The van der Waals surface area contributed by atoms with Crippen molar-refractivity contribution >= 4 is 40.1 Å². The van der Waals surface area contributed by atoms with Crippen LogP contribution in [0.15, 0.2) is 72.6 Å². The Hall–Kier alpha value is -3.85. The van der Waals surface area contributed by atoms with Gasteiger partial charge in [0.1, 0.15) is 0 Å². The molecule has 2 aromatic heterocycles. The molecule has 0 radical (unpaired) electrons. The molecular weight excluding hydrogens is 451 g/mol. The first-order valence-corrected chi connectivity index (χ1v) is 10.5. The Balaban J connectivity index is 1.62. The lowest BCUT2D eigenvalue weighted by Crippen LogP contribution is -2.21. The van der Waals surface area contributed by atoms with Gasteiger partial charge in [-0.25, -0.2) is 0 Å². The van der Waals surface area contributed by atoms with E-state index < -0.39 is 17.9 Å². The zero-order valence-electron chi connectivity index (χ0n) is 17.0. The van der Waals surface area contributed by atoms with E-state index in [1.807, 2.05) is 18.2 Å². The molecule has 0 saturated carbocycles. The molecule has 0 fully saturated rings. The van der Waals surface area contributed by atoms with Gasteiger partial charge in [0.2, 0.25) is 5.91 Å². The summed E-state index contributed by atoms with van der Waals surface area (Å²) in [5.41, 5.74) is 9.49. The lowest BCUT2D eigenvalue weighted by Gasteiger charge is -2.07. The molecule has 2 aromatic carbocycles. The summed E-state index contributed by atoms with van der Waals surface area (Å²) in [6.45, 7) is 0. The Bertz CT molecular complexity index is 1390. The number of carbonyl (C=O) groups is 2. The number of ketones is 1. The number of alkyl halides is 3. The van der Waals surface area contributed by atoms with Crippen LogP contribution in [0.3, 0.4) is 0 Å². The number of hydrogen-bond acceptors (Lipinski definition) is 5. The van der Waals surface area contributed by atoms with Crippen molar-refractivity contribution in [1.82, 2.24) is 9.97 Å². The minimum absolute atomic E-state index is 0.273. The molecule has 4 rings (SSSR count). The molecule has 0 unspecified atom stereocenters. The van der Waals surface area contributed by atoms with E-state index in [1.54, 1.807) is 42.7 Å². The van der Waals surface area contributed by atoms with Gasteiger partial charge in [0.25, 0.3) is 5.78 Å². The van der Waals surface area contributed by atoms with Crippen LogP contribution in [0.2, 0.25) is 0 Å². The number of Topliss-reactive ketones (excluding diaryl/α,β-unsaturated/α-hetero) is 1. The van der Waals surface area contributed by atoms with E-state index in [0.29, 0.717) is 27.1 Å². The zero-order valence-corrected chi connectivity index (χ0v) is 17.8. The minimum atomic E-state index is -4.92. The van der Waals surface area contributed by atoms with Crippen LogP contribution < -0.4 is 5.73 Å². The fourth-order valence-electron chi connectivity index (χ4n) is 3.29. The van der Waals surface area contributed by atoms with Crippen molar-refractivity contribution in [2.24, 2.45) is 5.73 Å². The van der Waals surface area contributed by atoms with Crippen molar-refractivity contribution in [3.63, 3.8) is 0 Å². The lowest BCUT2D eigenvalue weighted by molar-refractivity contribution is -0.114. The molecule has 0 atom stereocenters. The number of amides is 1. The van der Waals surface area contributed by atoms with Gasteiger partial charge in [-0.2, -0.15) is 13.2 Å². The zero-order chi connectivity index (χ0) is 23.6. The van der Waals surface area contributed by atoms with Gasteiger partial charge < -0.3 is 5.73 Å². The largest absolute Gasteiger partial charge is 0.455 e. The summed E-state index contributed by atoms with van der Waals surface area (Å²) >= 11 is 0.764. The number of fused-ring (bicyclic) bond motifs is 1. The third-order valence-corrected chi connectivity index (χ3v) is 5.98. The van der Waals surface area contributed by atoms with Crippen LogP contribution in [0.1, 0.15) is 20.8 Å². The van der Waals surface area contributed by atoms with Crippen molar-refractivity contribution in [3.05, 3.63) is 88.6 Å². The third kappa shape index (κ3) is 5.15. The van der Waals surface area contributed by atoms with E-state index in [4.69, 9.17) is 5.73 Å². The number of nitrogens with zero attached hydrogens (tertiary/aromatic N) is 2. The molecule has 9 heteroatoms. The van der Waals surface area contributed by atoms with Crippen LogP contribution in [-0.2, 0) is 11.2 Å². The highest BCUT2D eigenvalue weighted by Gasteiger charge is 2.40. The van der Waals surface area contributed by atoms with Crippen LogP contribution in [0.4, 0.5) is 13.2 Å². The number of aromatic nitrogens is 2. The van der Waals surface area contributed by atoms with E-state index in [2.05, 4.69) is 9.97 Å². The Morgan fingerprint density at radius 3 is 2.45 bits per heavy atom. The van der Waals surface area contributed by atoms with Gasteiger partial charge in [0, 0.05) is 29.3 Å². The summed E-state index contributed by atoms with van der Waals surface area (Å²) in [6, 6.07) is 15.0. The van der Waals surface area contributed by atoms with Gasteiger partial charge in [-0.3, -0.25) is 19.6 Å². The fourth-order valence-corrected chi connectivity index (χ4v) is 4.25. The van der Waals surface area contributed by atoms with E-state index >= 15 is 0 Å². The van der Waals surface area contributed by atoms with Crippen LogP contribution >= 0.6 is 11.3 Å². The standard InChI is InChI=1S/C24H16F3N3O2S/c25-24(26,27)22(31)21-7-6-20(33-21)16-3-1-2-14(10-16)11-17(23(28)32)12-15-4-5-18-19(13-15)30-9-8-29-18/h1-11,13H,12H2,(H2,28,32)/b17-11-. The SMILES string of the molecule is NC(=O)/C(=C\c1cccc(-c2ccc(C(=O)C(F)(F)F)s2)c1)Cc1ccc2nccnc2c1. The number of halogens is 3. The van der Waals surface area contributed by atoms with Crippen LogP contribution in [0.25, 0.3) is 27.6 Å². The molecule has 0 saturated heterocycles. The van der Waals surface area contributed by atoms with Crippen molar-refractivity contribution in [2.75, 3.05) is 0 Å². The topological polar surface area (TPSA) is 85.9 Å². The lowest BCUT2D eigenvalue weighted by atomic mass is 10.0. The monoisotopic (exact) mass is 467 g/mol. The average Bonchev–Trinajstić information content (AvgIpc) is 3.28. The molecule has 166 valence electrons. The number of thiophene rings is 1. The van der Waals surface area contributed by atoms with Gasteiger partial charge in [-0.05, 0) is 53.1 Å². The molecule has 4 aromatic rings. The van der Waals surface area contributed by atoms with E-state index in [-0.39, 0.29) is 11.3 Å². The van der Waals surface area contributed by atoms with Crippen molar-refractivity contribution in [2.45, 2.75) is 12.6 Å². The normalized spacial score (nSPS) is 12.2. The minimum Gasteiger partial charge on any atom is -0.366 e. The fraction of sp³-hybridized carbons (Fsp3) is 0.0833. The average molecular weight is 467 g/mol. The molecule has 33 heavy (non-hydrogen) atoms. The molecule has 2 heterocycles. The summed E-state index contributed by atoms with van der Waals surface area (Å²) in [7, 11) is 0. The Morgan fingerprint density at radius 1 is 0.970 bits per heavy atom. The van der Waals surface area contributed by atoms with Crippen molar-refractivity contribution in [1.29, 1.82) is 0 Å². The highest BCUT2D eigenvalue weighted by Crippen LogP contribution is 2.32. The first-order chi connectivity index (χ1) is 15.7. The maximum absolute atomic E-state index is 12.7. The number of rotatable bonds is 6. The predicted molar refractivity (Wildman–Crippen MR) is 121 cm³/mol. The van der Waals surface area contributed by atoms with E-state index in [1.165, 1.54) is 6.07 Å². The maximum Gasteiger partial charge on any atom is 0.455 e. The molecule has 0 spiro atoms. The maximum atomic E-state index is 12.7. The van der Waals surface area contributed by atoms with Gasteiger partial charge in [-0.15, -0.1) is 11.3 Å². The van der Waals surface area contributed by atoms with E-state index in [0.717, 1.165) is 28.5 Å². The highest BCUT2D eigenvalue weighted by atomic mass is 32.1. The first-order valence-electron chi connectivity index (χ1n) is 9.72. The van der Waals surface area contributed by atoms with Gasteiger partial charge in [-0.1, -0.05) is 24.3 Å². The number of carbonyl (C=O) groups excluding carboxylic acids is 2. The molecule has 5 nitrogen and oxygen atoms in total. The Labute approximate surface area is 190 Å². The molecule has 2 N–H and O–H groups in total.